The van der Waals surface area contributed by atoms with Crippen LogP contribution in [0.2, 0.25) is 5.02 Å². The maximum Gasteiger partial charge on any atom is 0.253 e. The number of amides is 2. The highest BCUT2D eigenvalue weighted by atomic mass is 35.5. The summed E-state index contributed by atoms with van der Waals surface area (Å²) in [6.45, 7) is 6.01. The molecule has 28 heavy (non-hydrogen) atoms. The molecule has 1 heterocycles. The number of aromatic nitrogens is 2. The third kappa shape index (κ3) is 6.24. The molecule has 0 fully saturated rings. The minimum Gasteiger partial charge on any atom is -0.347 e. The van der Waals surface area contributed by atoms with Crippen LogP contribution in [0.15, 0.2) is 28.8 Å². The first kappa shape index (κ1) is 22.2. The quantitative estimate of drug-likeness (QED) is 0.675. The van der Waals surface area contributed by atoms with E-state index in [2.05, 4.69) is 20.8 Å². The van der Waals surface area contributed by atoms with E-state index in [0.717, 1.165) is 5.75 Å². The van der Waals surface area contributed by atoms with Gasteiger partial charge in [0.25, 0.3) is 5.91 Å². The van der Waals surface area contributed by atoms with Gasteiger partial charge < -0.3 is 15.2 Å². The van der Waals surface area contributed by atoms with Crippen LogP contribution >= 0.6 is 23.4 Å². The van der Waals surface area contributed by atoms with E-state index in [4.69, 9.17) is 16.1 Å². The molecule has 0 spiro atoms. The first-order valence-electron chi connectivity index (χ1n) is 8.87. The van der Waals surface area contributed by atoms with Gasteiger partial charge in [0.2, 0.25) is 11.8 Å². The summed E-state index contributed by atoms with van der Waals surface area (Å²) in [5.41, 5.74) is 0.0677. The second-order valence-corrected chi connectivity index (χ2v) is 8.66. The lowest BCUT2D eigenvalue weighted by Gasteiger charge is -2.18. The van der Waals surface area contributed by atoms with Crippen LogP contribution in [0.3, 0.4) is 0 Å². The molecule has 0 radical (unpaired) electrons. The van der Waals surface area contributed by atoms with Gasteiger partial charge in [0.05, 0.1) is 17.1 Å². The molecule has 1 atom stereocenters. The molecule has 1 unspecified atom stereocenters. The molecule has 9 heteroatoms. The normalized spacial score (nSPS) is 12.5. The van der Waals surface area contributed by atoms with Crippen molar-refractivity contribution >= 4 is 35.2 Å². The Labute approximate surface area is 174 Å². The summed E-state index contributed by atoms with van der Waals surface area (Å²) >= 11 is 7.67. The fraction of sp³-hybridized carbons (Fsp3) is 0.474. The molecule has 0 aliphatic carbocycles. The van der Waals surface area contributed by atoms with E-state index >= 15 is 0 Å². The van der Waals surface area contributed by atoms with E-state index in [1.807, 2.05) is 27.0 Å². The lowest BCUT2D eigenvalue weighted by molar-refractivity contribution is -0.123. The third-order valence-electron chi connectivity index (χ3n) is 3.88. The summed E-state index contributed by atoms with van der Waals surface area (Å²) in [4.78, 5) is 29.4. The van der Waals surface area contributed by atoms with Gasteiger partial charge in [-0.05, 0) is 30.6 Å². The van der Waals surface area contributed by atoms with E-state index < -0.39 is 6.04 Å². The minimum atomic E-state index is -0.690. The molecule has 0 saturated carbocycles. The first-order valence-corrected chi connectivity index (χ1v) is 10.6. The molecular formula is C19H25ClN4O3S. The molecule has 7 nitrogen and oxygen atoms in total. The number of halogens is 1. The number of rotatable bonds is 8. The average molecular weight is 425 g/mol. The number of benzene rings is 1. The zero-order valence-electron chi connectivity index (χ0n) is 16.4. The molecule has 2 aromatic rings. The van der Waals surface area contributed by atoms with Gasteiger partial charge >= 0.3 is 0 Å². The van der Waals surface area contributed by atoms with E-state index in [0.29, 0.717) is 28.7 Å². The molecule has 2 amide bonds. The van der Waals surface area contributed by atoms with E-state index in [1.54, 1.807) is 36.0 Å². The van der Waals surface area contributed by atoms with E-state index in [9.17, 15) is 9.59 Å². The molecule has 1 aromatic heterocycles. The van der Waals surface area contributed by atoms with Crippen molar-refractivity contribution in [2.24, 2.45) is 0 Å². The highest BCUT2D eigenvalue weighted by Crippen LogP contribution is 2.19. The van der Waals surface area contributed by atoms with Gasteiger partial charge in [0, 0.05) is 5.41 Å². The Kier molecular flexibility index (Phi) is 7.88. The van der Waals surface area contributed by atoms with Crippen molar-refractivity contribution in [2.45, 2.75) is 45.2 Å². The smallest absolute Gasteiger partial charge is 0.253 e. The lowest BCUT2D eigenvalue weighted by Crippen LogP contribution is -2.47. The van der Waals surface area contributed by atoms with Gasteiger partial charge in [-0.1, -0.05) is 49.7 Å². The highest BCUT2D eigenvalue weighted by molar-refractivity contribution is 7.98. The van der Waals surface area contributed by atoms with Crippen LogP contribution < -0.4 is 10.6 Å². The van der Waals surface area contributed by atoms with Crippen molar-refractivity contribution in [3.05, 3.63) is 46.6 Å². The van der Waals surface area contributed by atoms with Gasteiger partial charge in [0.15, 0.2) is 5.82 Å². The van der Waals surface area contributed by atoms with Crippen molar-refractivity contribution in [3.8, 4) is 0 Å². The fourth-order valence-electron chi connectivity index (χ4n) is 2.31. The molecule has 2 rings (SSSR count). The zero-order valence-corrected chi connectivity index (χ0v) is 18.0. The summed E-state index contributed by atoms with van der Waals surface area (Å²) < 4.78 is 5.22. The number of nitrogens with one attached hydrogen (secondary N) is 2. The van der Waals surface area contributed by atoms with Crippen molar-refractivity contribution in [2.75, 3.05) is 12.0 Å². The van der Waals surface area contributed by atoms with Crippen molar-refractivity contribution in [1.29, 1.82) is 0 Å². The van der Waals surface area contributed by atoms with Crippen LogP contribution in [-0.4, -0.2) is 40.0 Å². The molecule has 0 saturated heterocycles. The standard InChI is InChI=1S/C19H25ClN4O3S/c1-19(2,3)18-23-15(24-27-18)11-21-17(26)14(9-10-28-4)22-16(25)12-7-5-6-8-13(12)20/h5-8,14H,9-11H2,1-4H3,(H,21,26)(H,22,25). The van der Waals surface area contributed by atoms with Crippen LogP contribution in [-0.2, 0) is 16.8 Å². The van der Waals surface area contributed by atoms with Gasteiger partial charge in [-0.2, -0.15) is 16.7 Å². The third-order valence-corrected chi connectivity index (χ3v) is 4.85. The molecule has 0 aliphatic heterocycles. The molecule has 152 valence electrons. The number of carbonyl (C=O) groups excluding carboxylic acids is 2. The molecule has 1 aromatic carbocycles. The number of hydrogen-bond acceptors (Lipinski definition) is 6. The molecule has 0 bridgehead atoms. The van der Waals surface area contributed by atoms with Crippen molar-refractivity contribution in [1.82, 2.24) is 20.8 Å². The fourth-order valence-corrected chi connectivity index (χ4v) is 3.00. The molecule has 2 N–H and O–H groups in total. The predicted molar refractivity (Wildman–Crippen MR) is 111 cm³/mol. The Morgan fingerprint density at radius 2 is 2.00 bits per heavy atom. The maximum absolute atomic E-state index is 12.6. The van der Waals surface area contributed by atoms with Crippen LogP contribution in [0.1, 0.15) is 49.3 Å². The van der Waals surface area contributed by atoms with Crippen LogP contribution in [0.5, 0.6) is 0 Å². The molecule has 0 aliphatic rings. The largest absolute Gasteiger partial charge is 0.347 e. The Morgan fingerprint density at radius 1 is 1.29 bits per heavy atom. The molecular weight excluding hydrogens is 400 g/mol. The van der Waals surface area contributed by atoms with Crippen molar-refractivity contribution in [3.63, 3.8) is 0 Å². The Morgan fingerprint density at radius 3 is 2.61 bits per heavy atom. The van der Waals surface area contributed by atoms with Crippen LogP contribution in [0.25, 0.3) is 0 Å². The Bertz CT molecular complexity index is 820. The Hall–Kier alpha value is -2.06. The second kappa shape index (κ2) is 9.93. The van der Waals surface area contributed by atoms with E-state index in [-0.39, 0.29) is 23.8 Å². The number of thioether (sulfide) groups is 1. The average Bonchev–Trinajstić information content (AvgIpc) is 3.13. The van der Waals surface area contributed by atoms with Gasteiger partial charge in [-0.15, -0.1) is 0 Å². The van der Waals surface area contributed by atoms with Gasteiger partial charge in [-0.25, -0.2) is 0 Å². The van der Waals surface area contributed by atoms with Crippen LogP contribution in [0.4, 0.5) is 0 Å². The van der Waals surface area contributed by atoms with Gasteiger partial charge in [-0.3, -0.25) is 9.59 Å². The summed E-state index contributed by atoms with van der Waals surface area (Å²) in [6, 6.07) is 6.03. The van der Waals surface area contributed by atoms with Crippen molar-refractivity contribution < 1.29 is 14.1 Å². The zero-order chi connectivity index (χ0) is 20.7. The number of hydrogen-bond donors (Lipinski definition) is 2. The predicted octanol–water partition coefficient (Wildman–Crippen LogP) is 3.19. The number of carbonyl (C=O) groups is 2. The SMILES string of the molecule is CSCCC(NC(=O)c1ccccc1Cl)C(=O)NCc1noc(C(C)(C)C)n1. The summed E-state index contributed by atoms with van der Waals surface area (Å²) in [5.74, 6) is 0.914. The summed E-state index contributed by atoms with van der Waals surface area (Å²) in [6.07, 6.45) is 2.43. The topological polar surface area (TPSA) is 97.1 Å². The van der Waals surface area contributed by atoms with E-state index in [1.165, 1.54) is 0 Å². The van der Waals surface area contributed by atoms with Gasteiger partial charge in [0.1, 0.15) is 6.04 Å². The number of nitrogens with zero attached hydrogens (tertiary/aromatic N) is 2. The van der Waals surface area contributed by atoms with Crippen LogP contribution in [0, 0.1) is 0 Å². The Balaban J connectivity index is 2.01. The summed E-state index contributed by atoms with van der Waals surface area (Å²) in [7, 11) is 0. The minimum absolute atomic E-state index is 0.121. The maximum atomic E-state index is 12.6. The lowest BCUT2D eigenvalue weighted by atomic mass is 9.97. The highest BCUT2D eigenvalue weighted by Gasteiger charge is 2.24. The monoisotopic (exact) mass is 424 g/mol. The second-order valence-electron chi connectivity index (χ2n) is 7.27. The summed E-state index contributed by atoms with van der Waals surface area (Å²) in [5, 5.41) is 9.75. The first-order chi connectivity index (χ1) is 13.2.